The zero-order valence-corrected chi connectivity index (χ0v) is 18.0. The fourth-order valence-electron chi connectivity index (χ4n) is 3.33. The van der Waals surface area contributed by atoms with Crippen molar-refractivity contribution in [3.63, 3.8) is 0 Å². The molecule has 32 heavy (non-hydrogen) atoms. The van der Waals surface area contributed by atoms with E-state index >= 15 is 0 Å². The zero-order chi connectivity index (χ0) is 22.8. The lowest BCUT2D eigenvalue weighted by atomic mass is 9.98. The number of carboxylic acid groups (broad SMARTS) is 1. The van der Waals surface area contributed by atoms with Crippen LogP contribution in [-0.2, 0) is 9.59 Å². The number of amides is 2. The molecule has 4 rings (SSSR count). The van der Waals surface area contributed by atoms with Gasteiger partial charge in [-0.1, -0.05) is 54.1 Å². The number of aromatic carboxylic acids is 1. The van der Waals surface area contributed by atoms with Crippen LogP contribution < -0.4 is 10.2 Å². The maximum absolute atomic E-state index is 13.1. The number of hydrogen-bond acceptors (Lipinski definition) is 4. The Morgan fingerprint density at radius 3 is 2.28 bits per heavy atom. The molecule has 158 valence electrons. The van der Waals surface area contributed by atoms with Gasteiger partial charge in [0, 0.05) is 5.02 Å². The number of hydrogen-bond donors (Lipinski definition) is 2. The second kappa shape index (κ2) is 8.74. The topological polar surface area (TPSA) is 86.7 Å². The lowest BCUT2D eigenvalue weighted by Gasteiger charge is -2.28. The third kappa shape index (κ3) is 4.16. The molecule has 0 saturated carbocycles. The number of anilines is 1. The van der Waals surface area contributed by atoms with Crippen LogP contribution >= 0.6 is 23.8 Å². The summed E-state index contributed by atoms with van der Waals surface area (Å²) in [5, 5.41) is 12.4. The van der Waals surface area contributed by atoms with Crippen LogP contribution in [0, 0.1) is 0 Å². The zero-order valence-electron chi connectivity index (χ0n) is 16.4. The van der Waals surface area contributed by atoms with Crippen molar-refractivity contribution in [2.45, 2.75) is 0 Å². The van der Waals surface area contributed by atoms with Crippen molar-refractivity contribution in [2.24, 2.45) is 0 Å². The molecule has 6 nitrogen and oxygen atoms in total. The molecule has 1 aliphatic rings. The summed E-state index contributed by atoms with van der Waals surface area (Å²) in [5.74, 6) is -2.17. The summed E-state index contributed by atoms with van der Waals surface area (Å²) in [6.07, 6.45) is 1.47. The SMILES string of the molecule is O=C1NC(=S)N(c2ccc(Cl)cc2)C(=O)/C1=C\c1ccc(-c2ccccc2C(=O)O)cc1. The van der Waals surface area contributed by atoms with Gasteiger partial charge in [0.05, 0.1) is 11.3 Å². The first-order valence-corrected chi connectivity index (χ1v) is 10.2. The largest absolute Gasteiger partial charge is 0.478 e. The summed E-state index contributed by atoms with van der Waals surface area (Å²) in [6.45, 7) is 0. The molecule has 1 heterocycles. The highest BCUT2D eigenvalue weighted by molar-refractivity contribution is 7.80. The molecule has 0 aliphatic carbocycles. The van der Waals surface area contributed by atoms with Gasteiger partial charge in [-0.3, -0.25) is 19.8 Å². The van der Waals surface area contributed by atoms with Gasteiger partial charge in [0.1, 0.15) is 5.57 Å². The number of thiocarbonyl (C=S) groups is 1. The smallest absolute Gasteiger partial charge is 0.336 e. The van der Waals surface area contributed by atoms with Crippen molar-refractivity contribution >= 4 is 58.5 Å². The Morgan fingerprint density at radius 1 is 0.969 bits per heavy atom. The minimum Gasteiger partial charge on any atom is -0.478 e. The first-order chi connectivity index (χ1) is 15.3. The second-order valence-electron chi connectivity index (χ2n) is 6.91. The van der Waals surface area contributed by atoms with Gasteiger partial charge in [0.2, 0.25) is 0 Å². The van der Waals surface area contributed by atoms with Crippen molar-refractivity contribution in [1.29, 1.82) is 0 Å². The third-order valence-electron chi connectivity index (χ3n) is 4.88. The van der Waals surface area contributed by atoms with Gasteiger partial charge >= 0.3 is 5.97 Å². The van der Waals surface area contributed by atoms with Crippen LogP contribution in [0.3, 0.4) is 0 Å². The number of rotatable bonds is 4. The average Bonchev–Trinajstić information content (AvgIpc) is 2.78. The predicted molar refractivity (Wildman–Crippen MR) is 126 cm³/mol. The fourth-order valence-corrected chi connectivity index (χ4v) is 3.74. The molecule has 0 atom stereocenters. The van der Waals surface area contributed by atoms with E-state index in [4.69, 9.17) is 23.8 Å². The van der Waals surface area contributed by atoms with Crippen molar-refractivity contribution in [3.8, 4) is 11.1 Å². The molecule has 0 radical (unpaired) electrons. The Morgan fingerprint density at radius 2 is 1.62 bits per heavy atom. The lowest BCUT2D eigenvalue weighted by molar-refractivity contribution is -0.122. The fraction of sp³-hybridized carbons (Fsp3) is 0. The van der Waals surface area contributed by atoms with Crippen LogP contribution in [0.15, 0.2) is 78.4 Å². The molecule has 1 saturated heterocycles. The van der Waals surface area contributed by atoms with E-state index in [1.807, 2.05) is 0 Å². The molecule has 1 fully saturated rings. The van der Waals surface area contributed by atoms with E-state index in [2.05, 4.69) is 5.32 Å². The van der Waals surface area contributed by atoms with E-state index in [0.29, 0.717) is 27.4 Å². The normalized spacial score (nSPS) is 15.1. The predicted octanol–water partition coefficient (Wildman–Crippen LogP) is 4.54. The monoisotopic (exact) mass is 462 g/mol. The maximum atomic E-state index is 13.1. The Hall–Kier alpha value is -3.81. The summed E-state index contributed by atoms with van der Waals surface area (Å²) in [7, 11) is 0. The number of halogens is 1. The molecule has 0 unspecified atom stereocenters. The first-order valence-electron chi connectivity index (χ1n) is 9.45. The maximum Gasteiger partial charge on any atom is 0.336 e. The van der Waals surface area contributed by atoms with Crippen molar-refractivity contribution in [1.82, 2.24) is 5.32 Å². The summed E-state index contributed by atoms with van der Waals surface area (Å²) in [4.78, 5) is 38.2. The van der Waals surface area contributed by atoms with Crippen molar-refractivity contribution < 1.29 is 19.5 Å². The molecule has 3 aromatic carbocycles. The highest BCUT2D eigenvalue weighted by Gasteiger charge is 2.34. The van der Waals surface area contributed by atoms with E-state index in [0.717, 1.165) is 0 Å². The highest BCUT2D eigenvalue weighted by Crippen LogP contribution is 2.26. The van der Waals surface area contributed by atoms with E-state index < -0.39 is 17.8 Å². The van der Waals surface area contributed by atoms with Gasteiger partial charge in [-0.2, -0.15) is 0 Å². The number of nitrogens with zero attached hydrogens (tertiary/aromatic N) is 1. The van der Waals surface area contributed by atoms with E-state index in [1.165, 1.54) is 17.0 Å². The number of benzene rings is 3. The van der Waals surface area contributed by atoms with Crippen molar-refractivity contribution in [3.05, 3.63) is 94.5 Å². The van der Waals surface area contributed by atoms with Crippen LogP contribution in [0.1, 0.15) is 15.9 Å². The van der Waals surface area contributed by atoms with Crippen LogP contribution in [-0.4, -0.2) is 28.0 Å². The van der Waals surface area contributed by atoms with E-state index in [9.17, 15) is 19.5 Å². The van der Waals surface area contributed by atoms with Crippen LogP contribution in [0.4, 0.5) is 5.69 Å². The van der Waals surface area contributed by atoms with Gasteiger partial charge in [-0.15, -0.1) is 0 Å². The summed E-state index contributed by atoms with van der Waals surface area (Å²) >= 11 is 11.1. The van der Waals surface area contributed by atoms with Gasteiger partial charge in [0.25, 0.3) is 11.8 Å². The highest BCUT2D eigenvalue weighted by atomic mass is 35.5. The number of carbonyl (C=O) groups is 3. The molecule has 8 heteroatoms. The molecular formula is C24H15ClN2O4S. The van der Waals surface area contributed by atoms with Gasteiger partial charge in [-0.05, 0) is 65.3 Å². The quantitative estimate of drug-likeness (QED) is 0.338. The standard InChI is InChI=1S/C24H15ClN2O4S/c25-16-9-11-17(12-10-16)27-22(29)20(21(28)26-24(27)32)13-14-5-7-15(8-6-14)18-3-1-2-4-19(18)23(30)31/h1-13H,(H,30,31)(H,26,28,32)/b20-13-. The molecule has 0 spiro atoms. The molecule has 2 amide bonds. The minimum absolute atomic E-state index is 0.0138. The molecule has 2 N–H and O–H groups in total. The van der Waals surface area contributed by atoms with Gasteiger partial charge in [0.15, 0.2) is 5.11 Å². The number of carboxylic acids is 1. The molecular weight excluding hydrogens is 448 g/mol. The third-order valence-corrected chi connectivity index (χ3v) is 5.41. The number of carbonyl (C=O) groups excluding carboxylic acids is 2. The van der Waals surface area contributed by atoms with Gasteiger partial charge in [-0.25, -0.2) is 4.79 Å². The van der Waals surface area contributed by atoms with E-state index in [1.54, 1.807) is 66.7 Å². The Kier molecular flexibility index (Phi) is 5.85. The summed E-state index contributed by atoms with van der Waals surface area (Å²) in [5.41, 5.74) is 2.47. The second-order valence-corrected chi connectivity index (χ2v) is 7.73. The summed E-state index contributed by atoms with van der Waals surface area (Å²) in [6, 6.07) is 20.1. The Balaban J connectivity index is 1.66. The minimum atomic E-state index is -1.02. The molecule has 0 bridgehead atoms. The average molecular weight is 463 g/mol. The van der Waals surface area contributed by atoms with Crippen LogP contribution in [0.2, 0.25) is 5.02 Å². The molecule has 3 aromatic rings. The molecule has 1 aliphatic heterocycles. The van der Waals surface area contributed by atoms with Crippen molar-refractivity contribution in [2.75, 3.05) is 4.90 Å². The van der Waals surface area contributed by atoms with Crippen LogP contribution in [0.25, 0.3) is 17.2 Å². The Labute approximate surface area is 193 Å². The Bertz CT molecular complexity index is 1280. The van der Waals surface area contributed by atoms with Crippen LogP contribution in [0.5, 0.6) is 0 Å². The van der Waals surface area contributed by atoms with E-state index in [-0.39, 0.29) is 16.2 Å². The lowest BCUT2D eigenvalue weighted by Crippen LogP contribution is -2.54. The molecule has 0 aromatic heterocycles. The van der Waals surface area contributed by atoms with Gasteiger partial charge < -0.3 is 5.11 Å². The summed E-state index contributed by atoms with van der Waals surface area (Å²) < 4.78 is 0. The number of nitrogens with one attached hydrogen (secondary N) is 1. The first kappa shape index (κ1) is 21.4.